The summed E-state index contributed by atoms with van der Waals surface area (Å²) in [6, 6.07) is 18.2. The first-order valence-corrected chi connectivity index (χ1v) is 11.1. The van der Waals surface area contributed by atoms with Crippen molar-refractivity contribution in [1.29, 1.82) is 0 Å². The highest BCUT2D eigenvalue weighted by atomic mass is 16.2. The summed E-state index contributed by atoms with van der Waals surface area (Å²) in [5, 5.41) is 6.41. The molecular formula is C26H31N3O2. The van der Waals surface area contributed by atoms with Crippen molar-refractivity contribution in [2.24, 2.45) is 11.8 Å². The molecule has 5 nitrogen and oxygen atoms in total. The summed E-state index contributed by atoms with van der Waals surface area (Å²) in [4.78, 5) is 27.9. The Hall–Kier alpha value is -2.92. The van der Waals surface area contributed by atoms with E-state index in [1.165, 1.54) is 5.56 Å². The van der Waals surface area contributed by atoms with E-state index in [2.05, 4.69) is 41.5 Å². The third kappa shape index (κ3) is 5.05. The number of rotatable bonds is 7. The Bertz CT molecular complexity index is 956. The summed E-state index contributed by atoms with van der Waals surface area (Å²) in [6.45, 7) is 9.07. The van der Waals surface area contributed by atoms with Crippen LogP contribution in [0.15, 0.2) is 66.7 Å². The van der Waals surface area contributed by atoms with Crippen molar-refractivity contribution in [2.45, 2.75) is 25.7 Å². The van der Waals surface area contributed by atoms with Gasteiger partial charge in [0.25, 0.3) is 0 Å². The predicted molar refractivity (Wildman–Crippen MR) is 124 cm³/mol. The zero-order valence-corrected chi connectivity index (χ0v) is 18.1. The number of fused-ring (bicyclic) bond motifs is 1. The highest BCUT2D eigenvalue weighted by Gasteiger charge is 2.36. The first-order chi connectivity index (χ1) is 15.0. The molecule has 2 aromatic rings. The summed E-state index contributed by atoms with van der Waals surface area (Å²) in [5.41, 5.74) is 3.94. The van der Waals surface area contributed by atoms with E-state index in [1.807, 2.05) is 42.2 Å². The molecule has 3 atom stereocenters. The smallest absolute Gasteiger partial charge is 0.231 e. The van der Waals surface area contributed by atoms with Gasteiger partial charge in [0, 0.05) is 25.2 Å². The summed E-state index contributed by atoms with van der Waals surface area (Å²) < 4.78 is 0. The second kappa shape index (κ2) is 9.48. The van der Waals surface area contributed by atoms with E-state index < -0.39 is 5.92 Å². The zero-order chi connectivity index (χ0) is 21.8. The van der Waals surface area contributed by atoms with Gasteiger partial charge >= 0.3 is 0 Å². The molecule has 1 saturated heterocycles. The van der Waals surface area contributed by atoms with E-state index >= 15 is 0 Å². The van der Waals surface area contributed by atoms with Crippen molar-refractivity contribution in [3.63, 3.8) is 0 Å². The number of anilines is 1. The largest absolute Gasteiger partial charge is 0.338 e. The average Bonchev–Trinajstić information content (AvgIpc) is 3.19. The topological polar surface area (TPSA) is 61.4 Å². The molecule has 2 aromatic carbocycles. The average molecular weight is 418 g/mol. The van der Waals surface area contributed by atoms with E-state index in [1.54, 1.807) is 0 Å². The van der Waals surface area contributed by atoms with Gasteiger partial charge in [0.1, 0.15) is 0 Å². The minimum atomic E-state index is -0.439. The lowest BCUT2D eigenvalue weighted by atomic mass is 9.87. The molecule has 0 saturated carbocycles. The lowest BCUT2D eigenvalue weighted by Gasteiger charge is -2.33. The highest BCUT2D eigenvalue weighted by Crippen LogP contribution is 2.34. The van der Waals surface area contributed by atoms with Crippen LogP contribution in [0, 0.1) is 11.8 Å². The molecule has 2 aliphatic rings. The number of amides is 2. The Balaban J connectivity index is 1.53. The van der Waals surface area contributed by atoms with Crippen LogP contribution in [-0.4, -0.2) is 42.9 Å². The Kier molecular flexibility index (Phi) is 6.52. The van der Waals surface area contributed by atoms with E-state index in [-0.39, 0.29) is 18.2 Å². The molecule has 0 aromatic heterocycles. The normalized spacial score (nSPS) is 22.5. The molecule has 5 heteroatoms. The molecule has 0 spiro atoms. The van der Waals surface area contributed by atoms with Crippen LogP contribution in [0.25, 0.3) is 0 Å². The number of nitrogens with one attached hydrogen (secondary N) is 2. The summed E-state index contributed by atoms with van der Waals surface area (Å²) >= 11 is 0. The molecular weight excluding hydrogens is 386 g/mol. The molecule has 4 rings (SSSR count). The van der Waals surface area contributed by atoms with Gasteiger partial charge in [0.05, 0.1) is 5.92 Å². The van der Waals surface area contributed by atoms with Crippen molar-refractivity contribution >= 4 is 17.5 Å². The second-order valence-electron chi connectivity index (χ2n) is 8.94. The quantitative estimate of drug-likeness (QED) is 0.677. The Morgan fingerprint density at radius 2 is 1.77 bits per heavy atom. The molecule has 2 N–H and O–H groups in total. The zero-order valence-electron chi connectivity index (χ0n) is 18.1. The SMILES string of the molecule is C=C(C)CN(C[C@@H]1CNC[C@@H]1Cc1ccccc1)C(=O)C1CC(=O)Nc2ccccc21. The number of hydrogen-bond acceptors (Lipinski definition) is 3. The molecule has 162 valence electrons. The number of benzene rings is 2. The molecule has 1 unspecified atom stereocenters. The van der Waals surface area contributed by atoms with Gasteiger partial charge in [0.2, 0.25) is 11.8 Å². The van der Waals surface area contributed by atoms with Crippen LogP contribution in [0.1, 0.15) is 30.4 Å². The lowest BCUT2D eigenvalue weighted by Crippen LogP contribution is -2.43. The van der Waals surface area contributed by atoms with Crippen LogP contribution >= 0.6 is 0 Å². The number of carbonyl (C=O) groups is 2. The van der Waals surface area contributed by atoms with E-state index in [9.17, 15) is 9.59 Å². The van der Waals surface area contributed by atoms with Crippen LogP contribution in [-0.2, 0) is 16.0 Å². The number of carbonyl (C=O) groups excluding carboxylic acids is 2. The van der Waals surface area contributed by atoms with Crippen LogP contribution < -0.4 is 10.6 Å². The number of hydrogen-bond donors (Lipinski definition) is 2. The fraction of sp³-hybridized carbons (Fsp3) is 0.385. The fourth-order valence-electron chi connectivity index (χ4n) is 4.85. The van der Waals surface area contributed by atoms with Gasteiger partial charge in [-0.05, 0) is 55.5 Å². The van der Waals surface area contributed by atoms with Crippen molar-refractivity contribution < 1.29 is 9.59 Å². The summed E-state index contributed by atoms with van der Waals surface area (Å²) in [6.07, 6.45) is 1.20. The molecule has 0 aliphatic carbocycles. The number of nitrogens with zero attached hydrogens (tertiary/aromatic N) is 1. The third-order valence-corrected chi connectivity index (χ3v) is 6.35. The molecule has 2 heterocycles. The van der Waals surface area contributed by atoms with Gasteiger partial charge in [-0.25, -0.2) is 0 Å². The monoisotopic (exact) mass is 417 g/mol. The molecule has 31 heavy (non-hydrogen) atoms. The predicted octanol–water partition coefficient (Wildman–Crippen LogP) is 3.60. The van der Waals surface area contributed by atoms with Gasteiger partial charge in [-0.1, -0.05) is 60.7 Å². The Labute approximate surface area is 184 Å². The van der Waals surface area contributed by atoms with Crippen molar-refractivity contribution in [1.82, 2.24) is 10.2 Å². The van der Waals surface area contributed by atoms with Gasteiger partial charge in [-0.3, -0.25) is 9.59 Å². The molecule has 0 radical (unpaired) electrons. The molecule has 0 bridgehead atoms. The van der Waals surface area contributed by atoms with E-state index in [0.29, 0.717) is 24.9 Å². The van der Waals surface area contributed by atoms with Crippen LogP contribution in [0.5, 0.6) is 0 Å². The van der Waals surface area contributed by atoms with Crippen LogP contribution in [0.4, 0.5) is 5.69 Å². The maximum Gasteiger partial charge on any atom is 0.231 e. The first kappa shape index (κ1) is 21.3. The lowest BCUT2D eigenvalue weighted by molar-refractivity contribution is -0.135. The molecule has 2 aliphatic heterocycles. The van der Waals surface area contributed by atoms with Gasteiger partial charge in [0.15, 0.2) is 0 Å². The maximum absolute atomic E-state index is 13.7. The van der Waals surface area contributed by atoms with Crippen molar-refractivity contribution in [3.8, 4) is 0 Å². The number of para-hydroxylation sites is 1. The van der Waals surface area contributed by atoms with E-state index in [4.69, 9.17) is 0 Å². The van der Waals surface area contributed by atoms with Crippen LogP contribution in [0.2, 0.25) is 0 Å². The van der Waals surface area contributed by atoms with Crippen LogP contribution in [0.3, 0.4) is 0 Å². The van der Waals surface area contributed by atoms with Gasteiger partial charge in [-0.15, -0.1) is 0 Å². The molecule has 2 amide bonds. The Morgan fingerprint density at radius 3 is 2.55 bits per heavy atom. The standard InChI is InChI=1S/C26H31N3O2/c1-18(2)16-29(17-21-15-27-14-20(21)12-19-8-4-3-5-9-19)26(31)23-13-25(30)28-24-11-7-6-10-22(23)24/h3-11,20-21,23,27H,1,12-17H2,2H3,(H,28,30)/t20-,21-,23?/m0/s1. The van der Waals surface area contributed by atoms with E-state index in [0.717, 1.165) is 36.3 Å². The minimum absolute atomic E-state index is 0.0238. The van der Waals surface area contributed by atoms with Crippen molar-refractivity contribution in [2.75, 3.05) is 31.5 Å². The van der Waals surface area contributed by atoms with Gasteiger partial charge in [-0.2, -0.15) is 0 Å². The fourth-order valence-corrected chi connectivity index (χ4v) is 4.85. The van der Waals surface area contributed by atoms with Crippen molar-refractivity contribution in [3.05, 3.63) is 77.9 Å². The summed E-state index contributed by atoms with van der Waals surface area (Å²) in [5.74, 6) is 0.333. The van der Waals surface area contributed by atoms with Gasteiger partial charge < -0.3 is 15.5 Å². The first-order valence-electron chi connectivity index (χ1n) is 11.1. The third-order valence-electron chi connectivity index (χ3n) is 6.35. The maximum atomic E-state index is 13.7. The highest BCUT2D eigenvalue weighted by molar-refractivity contribution is 6.01. The molecule has 1 fully saturated rings. The summed E-state index contributed by atoms with van der Waals surface area (Å²) in [7, 11) is 0. The second-order valence-corrected chi connectivity index (χ2v) is 8.94. The minimum Gasteiger partial charge on any atom is -0.338 e. The Morgan fingerprint density at radius 1 is 1.06 bits per heavy atom.